The minimum atomic E-state index is -0.0590. The van der Waals surface area contributed by atoms with Gasteiger partial charge in [0.1, 0.15) is 5.75 Å². The topological polar surface area (TPSA) is 46.6 Å². The van der Waals surface area contributed by atoms with E-state index in [2.05, 4.69) is 0 Å². The molecule has 0 aliphatic heterocycles. The molecule has 0 atom stereocenters. The fraction of sp³-hybridized carbons (Fsp3) is 0.333. The quantitative estimate of drug-likeness (QED) is 0.720. The van der Waals surface area contributed by atoms with E-state index in [1.54, 1.807) is 17.0 Å². The van der Waals surface area contributed by atoms with Crippen LogP contribution in [0.15, 0.2) is 36.4 Å². The Labute approximate surface area is 140 Å². The van der Waals surface area contributed by atoms with Crippen LogP contribution in [0.1, 0.15) is 45.7 Å². The van der Waals surface area contributed by atoms with Gasteiger partial charge in [-0.1, -0.05) is 18.2 Å². The standard InChI is InChI=1S/C18H21NO3S/c1-4-19(12-14-8-6-7-9-15(14)22-5-2)18(21)17-11-10-16(23-17)13(3)20/h6-11H,4-5,12H2,1-3H3. The highest BCUT2D eigenvalue weighted by atomic mass is 32.1. The smallest absolute Gasteiger partial charge is 0.264 e. The normalized spacial score (nSPS) is 10.4. The number of nitrogens with zero attached hydrogens (tertiary/aromatic N) is 1. The molecule has 0 fully saturated rings. The maximum atomic E-state index is 12.7. The molecule has 5 heteroatoms. The summed E-state index contributed by atoms with van der Waals surface area (Å²) in [4.78, 5) is 27.0. The number of ether oxygens (including phenoxy) is 1. The van der Waals surface area contributed by atoms with Gasteiger partial charge in [-0.2, -0.15) is 0 Å². The lowest BCUT2D eigenvalue weighted by atomic mass is 10.2. The Kier molecular flexibility index (Phi) is 5.93. The molecule has 0 N–H and O–H groups in total. The van der Waals surface area contributed by atoms with Gasteiger partial charge >= 0.3 is 0 Å². The number of thiophene rings is 1. The number of Topliss-reactive ketones (excluding diaryl/α,β-unsaturated/α-hetero) is 1. The van der Waals surface area contributed by atoms with Crippen molar-refractivity contribution in [2.75, 3.05) is 13.2 Å². The third kappa shape index (κ3) is 4.20. The van der Waals surface area contributed by atoms with Gasteiger partial charge in [0.05, 0.1) is 16.4 Å². The number of rotatable bonds is 7. The lowest BCUT2D eigenvalue weighted by Gasteiger charge is -2.21. The highest BCUT2D eigenvalue weighted by Crippen LogP contribution is 2.23. The zero-order valence-corrected chi connectivity index (χ0v) is 14.5. The first-order valence-corrected chi connectivity index (χ1v) is 8.49. The van der Waals surface area contributed by atoms with Gasteiger partial charge in [-0.25, -0.2) is 0 Å². The van der Waals surface area contributed by atoms with Gasteiger partial charge in [0.2, 0.25) is 0 Å². The summed E-state index contributed by atoms with van der Waals surface area (Å²) in [5.74, 6) is 0.729. The van der Waals surface area contributed by atoms with E-state index in [4.69, 9.17) is 4.74 Å². The number of amides is 1. The zero-order valence-electron chi connectivity index (χ0n) is 13.7. The Morgan fingerprint density at radius 2 is 1.78 bits per heavy atom. The van der Waals surface area contributed by atoms with Crippen LogP contribution in [0.25, 0.3) is 0 Å². The number of para-hydroxylation sites is 1. The largest absolute Gasteiger partial charge is 0.494 e. The average Bonchev–Trinajstić information content (AvgIpc) is 3.04. The molecular formula is C18H21NO3S. The van der Waals surface area contributed by atoms with Gasteiger partial charge in [-0.05, 0) is 39.0 Å². The number of benzene rings is 1. The van der Waals surface area contributed by atoms with Gasteiger partial charge in [0, 0.05) is 18.7 Å². The van der Waals surface area contributed by atoms with E-state index < -0.39 is 0 Å². The summed E-state index contributed by atoms with van der Waals surface area (Å²) in [7, 11) is 0. The lowest BCUT2D eigenvalue weighted by Crippen LogP contribution is -2.29. The van der Waals surface area contributed by atoms with Gasteiger partial charge in [-0.3, -0.25) is 9.59 Å². The van der Waals surface area contributed by atoms with Gasteiger partial charge in [-0.15, -0.1) is 11.3 Å². The van der Waals surface area contributed by atoms with Crippen LogP contribution in [0.3, 0.4) is 0 Å². The molecule has 122 valence electrons. The third-order valence-corrected chi connectivity index (χ3v) is 4.64. The number of ketones is 1. The Balaban J connectivity index is 2.19. The molecule has 0 saturated carbocycles. The first kappa shape index (κ1) is 17.2. The summed E-state index contributed by atoms with van der Waals surface area (Å²) in [6.07, 6.45) is 0. The molecule has 1 amide bonds. The van der Waals surface area contributed by atoms with Gasteiger partial charge in [0.25, 0.3) is 5.91 Å². The van der Waals surface area contributed by atoms with Crippen LogP contribution in [0.5, 0.6) is 5.75 Å². The van der Waals surface area contributed by atoms with Crippen LogP contribution in [0.4, 0.5) is 0 Å². The second-order valence-electron chi connectivity index (χ2n) is 5.08. The van der Waals surface area contributed by atoms with E-state index in [1.165, 1.54) is 18.3 Å². The number of carbonyl (C=O) groups is 2. The molecule has 23 heavy (non-hydrogen) atoms. The second-order valence-corrected chi connectivity index (χ2v) is 6.16. The van der Waals surface area contributed by atoms with E-state index in [0.717, 1.165) is 11.3 Å². The molecule has 0 aliphatic rings. The monoisotopic (exact) mass is 331 g/mol. The molecule has 0 bridgehead atoms. The van der Waals surface area contributed by atoms with Crippen molar-refractivity contribution in [2.24, 2.45) is 0 Å². The zero-order chi connectivity index (χ0) is 16.8. The highest BCUT2D eigenvalue weighted by Gasteiger charge is 2.19. The van der Waals surface area contributed by atoms with E-state index in [-0.39, 0.29) is 11.7 Å². The van der Waals surface area contributed by atoms with Gasteiger partial charge < -0.3 is 9.64 Å². The number of hydrogen-bond donors (Lipinski definition) is 0. The van der Waals surface area contributed by atoms with Crippen molar-refractivity contribution in [1.29, 1.82) is 0 Å². The summed E-state index contributed by atoms with van der Waals surface area (Å²) < 4.78 is 5.62. The maximum Gasteiger partial charge on any atom is 0.264 e. The van der Waals surface area contributed by atoms with Crippen LogP contribution >= 0.6 is 11.3 Å². The van der Waals surface area contributed by atoms with Gasteiger partial charge in [0.15, 0.2) is 5.78 Å². The fourth-order valence-electron chi connectivity index (χ4n) is 2.26. The van der Waals surface area contributed by atoms with Crippen molar-refractivity contribution in [3.8, 4) is 5.75 Å². The Morgan fingerprint density at radius 1 is 1.09 bits per heavy atom. The summed E-state index contributed by atoms with van der Waals surface area (Å²) >= 11 is 1.25. The van der Waals surface area contributed by atoms with E-state index in [0.29, 0.717) is 29.5 Å². The van der Waals surface area contributed by atoms with Crippen LogP contribution in [0, 0.1) is 0 Å². The predicted molar refractivity (Wildman–Crippen MR) is 92.3 cm³/mol. The molecule has 2 rings (SSSR count). The second kappa shape index (κ2) is 7.92. The first-order chi connectivity index (χ1) is 11.1. The minimum absolute atomic E-state index is 0.0150. The predicted octanol–water partition coefficient (Wildman–Crippen LogP) is 4.01. The summed E-state index contributed by atoms with van der Waals surface area (Å²) in [5.41, 5.74) is 0.980. The first-order valence-electron chi connectivity index (χ1n) is 7.67. The highest BCUT2D eigenvalue weighted by molar-refractivity contribution is 7.15. The fourth-order valence-corrected chi connectivity index (χ4v) is 3.13. The number of carbonyl (C=O) groups excluding carboxylic acids is 2. The van der Waals surface area contributed by atoms with Crippen molar-refractivity contribution in [3.05, 3.63) is 51.7 Å². The van der Waals surface area contributed by atoms with Crippen LogP contribution in [-0.2, 0) is 6.54 Å². The molecule has 0 aliphatic carbocycles. The van der Waals surface area contributed by atoms with Crippen molar-refractivity contribution in [2.45, 2.75) is 27.3 Å². The van der Waals surface area contributed by atoms with Crippen molar-refractivity contribution >= 4 is 23.0 Å². The molecule has 2 aromatic rings. The van der Waals surface area contributed by atoms with Crippen LogP contribution in [0.2, 0.25) is 0 Å². The van der Waals surface area contributed by atoms with Crippen molar-refractivity contribution in [1.82, 2.24) is 4.90 Å². The Hall–Kier alpha value is -2.14. The molecule has 1 heterocycles. The molecule has 0 spiro atoms. The molecule has 1 aromatic carbocycles. The van der Waals surface area contributed by atoms with Crippen molar-refractivity contribution < 1.29 is 14.3 Å². The Morgan fingerprint density at radius 3 is 2.39 bits per heavy atom. The summed E-state index contributed by atoms with van der Waals surface area (Å²) in [6.45, 7) is 7.06. The molecular weight excluding hydrogens is 310 g/mol. The minimum Gasteiger partial charge on any atom is -0.494 e. The van der Waals surface area contributed by atoms with Crippen LogP contribution in [-0.4, -0.2) is 29.7 Å². The summed E-state index contributed by atoms with van der Waals surface area (Å²) in [6, 6.07) is 11.2. The van der Waals surface area contributed by atoms with E-state index >= 15 is 0 Å². The maximum absolute atomic E-state index is 12.7. The number of hydrogen-bond acceptors (Lipinski definition) is 4. The molecule has 0 unspecified atom stereocenters. The molecule has 4 nitrogen and oxygen atoms in total. The van der Waals surface area contributed by atoms with E-state index in [1.807, 2.05) is 38.1 Å². The lowest BCUT2D eigenvalue weighted by molar-refractivity contribution is 0.0756. The van der Waals surface area contributed by atoms with E-state index in [9.17, 15) is 9.59 Å². The molecule has 0 radical (unpaired) electrons. The molecule has 1 aromatic heterocycles. The van der Waals surface area contributed by atoms with Crippen molar-refractivity contribution in [3.63, 3.8) is 0 Å². The Bertz CT molecular complexity index is 693. The third-order valence-electron chi connectivity index (χ3n) is 3.47. The summed E-state index contributed by atoms with van der Waals surface area (Å²) in [5, 5.41) is 0. The SMILES string of the molecule is CCOc1ccccc1CN(CC)C(=O)c1ccc(C(C)=O)s1. The average molecular weight is 331 g/mol. The van der Waals surface area contributed by atoms with Crippen LogP contribution < -0.4 is 4.74 Å². The molecule has 0 saturated heterocycles.